The molecule has 9 heteroatoms. The van der Waals surface area contributed by atoms with Gasteiger partial charge in [-0.2, -0.15) is 4.31 Å². The van der Waals surface area contributed by atoms with Crippen molar-refractivity contribution < 1.29 is 22.7 Å². The van der Waals surface area contributed by atoms with Crippen LogP contribution in [-0.2, 0) is 19.6 Å². The molecule has 2 aromatic carbocycles. The summed E-state index contributed by atoms with van der Waals surface area (Å²) in [5.74, 6) is -0.0373. The van der Waals surface area contributed by atoms with Crippen LogP contribution in [0.2, 0.25) is 0 Å². The van der Waals surface area contributed by atoms with E-state index in [1.807, 2.05) is 19.1 Å². The largest absolute Gasteiger partial charge is 0.493 e. The van der Waals surface area contributed by atoms with Crippen molar-refractivity contribution in [3.8, 4) is 5.75 Å². The first-order valence-electron chi connectivity index (χ1n) is 9.71. The van der Waals surface area contributed by atoms with Crippen molar-refractivity contribution in [1.82, 2.24) is 14.5 Å². The van der Waals surface area contributed by atoms with E-state index in [9.17, 15) is 18.0 Å². The molecule has 0 aromatic heterocycles. The summed E-state index contributed by atoms with van der Waals surface area (Å²) in [5.41, 5.74) is 0. The maximum absolute atomic E-state index is 13.3. The Labute approximate surface area is 176 Å². The third-order valence-corrected chi connectivity index (χ3v) is 6.91. The smallest absolute Gasteiger partial charge is 0.243 e. The van der Waals surface area contributed by atoms with E-state index in [1.165, 1.54) is 4.31 Å². The fourth-order valence-corrected chi connectivity index (χ4v) is 5.05. The number of nitrogens with one attached hydrogen (secondary N) is 1. The fourth-order valence-electron chi connectivity index (χ4n) is 3.42. The van der Waals surface area contributed by atoms with E-state index >= 15 is 0 Å². The minimum absolute atomic E-state index is 0.138. The van der Waals surface area contributed by atoms with Crippen LogP contribution >= 0.6 is 0 Å². The Balaban J connectivity index is 1.76. The molecular weight excluding hydrogens is 406 g/mol. The topological polar surface area (TPSA) is 96.0 Å². The predicted molar refractivity (Wildman–Crippen MR) is 114 cm³/mol. The zero-order chi connectivity index (χ0) is 21.7. The zero-order valence-electron chi connectivity index (χ0n) is 16.8. The Kier molecular flexibility index (Phi) is 6.73. The van der Waals surface area contributed by atoms with Crippen LogP contribution in [0.5, 0.6) is 5.75 Å². The monoisotopic (exact) mass is 431 g/mol. The second kappa shape index (κ2) is 9.27. The SMILES string of the molecule is C=CC(=O)NCC(=O)N1CCN(S(=O)(=O)c2cccc3c(OCC)cccc23)CC1. The number of hydrogen-bond donors (Lipinski definition) is 1. The maximum Gasteiger partial charge on any atom is 0.243 e. The molecule has 30 heavy (non-hydrogen) atoms. The summed E-state index contributed by atoms with van der Waals surface area (Å²) in [6.45, 7) is 6.45. The molecule has 1 aliphatic rings. The van der Waals surface area contributed by atoms with E-state index < -0.39 is 15.9 Å². The normalized spacial score (nSPS) is 15.0. The van der Waals surface area contributed by atoms with Gasteiger partial charge in [-0.25, -0.2) is 8.42 Å². The van der Waals surface area contributed by atoms with Gasteiger partial charge in [-0.15, -0.1) is 0 Å². The molecule has 1 heterocycles. The average Bonchev–Trinajstić information content (AvgIpc) is 2.77. The molecule has 1 fully saturated rings. The van der Waals surface area contributed by atoms with Gasteiger partial charge in [0.05, 0.1) is 18.0 Å². The summed E-state index contributed by atoms with van der Waals surface area (Å²) in [5, 5.41) is 3.79. The summed E-state index contributed by atoms with van der Waals surface area (Å²) in [7, 11) is -3.74. The summed E-state index contributed by atoms with van der Waals surface area (Å²) in [6.07, 6.45) is 1.10. The number of carbonyl (C=O) groups is 2. The molecule has 0 radical (unpaired) electrons. The van der Waals surface area contributed by atoms with Gasteiger partial charge in [0.25, 0.3) is 0 Å². The molecular formula is C21H25N3O5S. The van der Waals surface area contributed by atoms with E-state index in [4.69, 9.17) is 4.74 Å². The molecule has 2 amide bonds. The van der Waals surface area contributed by atoms with Crippen LogP contribution in [0.3, 0.4) is 0 Å². The van der Waals surface area contributed by atoms with E-state index in [1.54, 1.807) is 29.2 Å². The highest BCUT2D eigenvalue weighted by molar-refractivity contribution is 7.89. The fraction of sp³-hybridized carbons (Fsp3) is 0.333. The van der Waals surface area contributed by atoms with Gasteiger partial charge in [-0.05, 0) is 25.1 Å². The maximum atomic E-state index is 13.3. The summed E-state index contributed by atoms with van der Waals surface area (Å²) in [6, 6.07) is 10.5. The highest BCUT2D eigenvalue weighted by atomic mass is 32.2. The summed E-state index contributed by atoms with van der Waals surface area (Å²) in [4.78, 5) is 25.2. The minimum Gasteiger partial charge on any atom is -0.493 e. The summed E-state index contributed by atoms with van der Waals surface area (Å²) >= 11 is 0. The molecule has 0 spiro atoms. The lowest BCUT2D eigenvalue weighted by molar-refractivity contribution is -0.133. The number of nitrogens with zero attached hydrogens (tertiary/aromatic N) is 2. The Bertz CT molecular complexity index is 1060. The second-order valence-electron chi connectivity index (χ2n) is 6.75. The van der Waals surface area contributed by atoms with Gasteiger partial charge in [-0.3, -0.25) is 9.59 Å². The number of piperazine rings is 1. The Hall–Kier alpha value is -2.91. The van der Waals surface area contributed by atoms with E-state index in [-0.39, 0.29) is 43.5 Å². The molecule has 0 atom stereocenters. The van der Waals surface area contributed by atoms with Crippen LogP contribution < -0.4 is 10.1 Å². The highest BCUT2D eigenvalue weighted by Gasteiger charge is 2.31. The van der Waals surface area contributed by atoms with Gasteiger partial charge in [-0.1, -0.05) is 30.8 Å². The lowest BCUT2D eigenvalue weighted by atomic mass is 10.1. The van der Waals surface area contributed by atoms with Gasteiger partial charge < -0.3 is 15.0 Å². The second-order valence-corrected chi connectivity index (χ2v) is 8.65. The van der Waals surface area contributed by atoms with Crippen molar-refractivity contribution >= 4 is 32.6 Å². The highest BCUT2D eigenvalue weighted by Crippen LogP contribution is 2.32. The molecule has 1 saturated heterocycles. The molecule has 8 nitrogen and oxygen atoms in total. The summed E-state index contributed by atoms with van der Waals surface area (Å²) < 4.78 is 33.7. The Morgan fingerprint density at radius 3 is 2.43 bits per heavy atom. The first kappa shape index (κ1) is 21.8. The molecule has 1 aliphatic heterocycles. The van der Waals surface area contributed by atoms with E-state index in [0.29, 0.717) is 17.7 Å². The van der Waals surface area contributed by atoms with Crippen LogP contribution in [0.15, 0.2) is 53.9 Å². The van der Waals surface area contributed by atoms with Gasteiger partial charge >= 0.3 is 0 Å². The number of benzene rings is 2. The number of ether oxygens (including phenoxy) is 1. The molecule has 3 rings (SSSR count). The van der Waals surface area contributed by atoms with Crippen LogP contribution in [0.1, 0.15) is 6.92 Å². The molecule has 0 bridgehead atoms. The first-order valence-corrected chi connectivity index (χ1v) is 11.1. The quantitative estimate of drug-likeness (QED) is 0.668. The molecule has 0 unspecified atom stereocenters. The number of amides is 2. The number of sulfonamides is 1. The molecule has 160 valence electrons. The van der Waals surface area contributed by atoms with Gasteiger partial charge in [0.15, 0.2) is 0 Å². The number of rotatable bonds is 7. The van der Waals surface area contributed by atoms with E-state index in [0.717, 1.165) is 11.5 Å². The third-order valence-electron chi connectivity index (χ3n) is 4.95. The van der Waals surface area contributed by atoms with Gasteiger partial charge in [0.2, 0.25) is 21.8 Å². The van der Waals surface area contributed by atoms with Crippen molar-refractivity contribution in [2.24, 2.45) is 0 Å². The molecule has 0 saturated carbocycles. The van der Waals surface area contributed by atoms with Gasteiger partial charge in [0.1, 0.15) is 5.75 Å². The van der Waals surface area contributed by atoms with Crippen LogP contribution in [0, 0.1) is 0 Å². The van der Waals surface area contributed by atoms with Crippen molar-refractivity contribution in [3.05, 3.63) is 49.1 Å². The molecule has 0 aliphatic carbocycles. The van der Waals surface area contributed by atoms with E-state index in [2.05, 4.69) is 11.9 Å². The number of carbonyl (C=O) groups excluding carboxylic acids is 2. The Morgan fingerprint density at radius 2 is 1.77 bits per heavy atom. The van der Waals surface area contributed by atoms with Crippen molar-refractivity contribution in [2.75, 3.05) is 39.3 Å². The standard InChI is InChI=1S/C21H25N3O5S/c1-3-20(25)22-15-21(26)23-11-13-24(14-12-23)30(27,28)19-10-6-7-16-17(19)8-5-9-18(16)29-4-2/h3,5-10H,1,4,11-15H2,2H3,(H,22,25). The number of hydrogen-bond acceptors (Lipinski definition) is 5. The lowest BCUT2D eigenvalue weighted by Gasteiger charge is -2.34. The molecule has 1 N–H and O–H groups in total. The van der Waals surface area contributed by atoms with Gasteiger partial charge in [0, 0.05) is 37.0 Å². The zero-order valence-corrected chi connectivity index (χ0v) is 17.7. The van der Waals surface area contributed by atoms with Crippen LogP contribution in [-0.4, -0.2) is 68.8 Å². The van der Waals surface area contributed by atoms with Crippen molar-refractivity contribution in [3.63, 3.8) is 0 Å². The minimum atomic E-state index is -3.74. The Morgan fingerprint density at radius 1 is 1.10 bits per heavy atom. The predicted octanol–water partition coefficient (Wildman–Crippen LogP) is 1.37. The van der Waals surface area contributed by atoms with Crippen molar-refractivity contribution in [2.45, 2.75) is 11.8 Å². The van der Waals surface area contributed by atoms with Crippen molar-refractivity contribution in [1.29, 1.82) is 0 Å². The lowest BCUT2D eigenvalue weighted by Crippen LogP contribution is -2.52. The molecule has 2 aromatic rings. The average molecular weight is 432 g/mol. The third kappa shape index (κ3) is 4.47. The number of fused-ring (bicyclic) bond motifs is 1. The first-order chi connectivity index (χ1) is 14.4. The van der Waals surface area contributed by atoms with Crippen LogP contribution in [0.4, 0.5) is 0 Å². The van der Waals surface area contributed by atoms with Crippen LogP contribution in [0.25, 0.3) is 10.8 Å².